The summed E-state index contributed by atoms with van der Waals surface area (Å²) in [6, 6.07) is 5.30. The minimum absolute atomic E-state index is 0.0409. The highest BCUT2D eigenvalue weighted by Crippen LogP contribution is 2.29. The first-order valence-electron chi connectivity index (χ1n) is 10.9. The molecule has 9 nitrogen and oxygen atoms in total. The van der Waals surface area contributed by atoms with Gasteiger partial charge in [0.1, 0.15) is 18.0 Å². The van der Waals surface area contributed by atoms with Gasteiger partial charge in [0.25, 0.3) is 0 Å². The second-order valence-corrected chi connectivity index (χ2v) is 7.97. The molecule has 1 saturated heterocycles. The molecular weight excluding hydrogens is 475 g/mol. The molecule has 2 aromatic heterocycles. The minimum Gasteiger partial charge on any atom is -0.433 e. The molecule has 0 aliphatic carbocycles. The van der Waals surface area contributed by atoms with Crippen LogP contribution in [0.15, 0.2) is 49.3 Å². The van der Waals surface area contributed by atoms with Crippen LogP contribution < -0.4 is 15.8 Å². The molecule has 1 unspecified atom stereocenters. The summed E-state index contributed by atoms with van der Waals surface area (Å²) in [5, 5.41) is 11.8. The molecule has 4 N–H and O–H groups in total. The highest BCUT2D eigenvalue weighted by Gasteiger charge is 2.26. The van der Waals surface area contributed by atoms with Gasteiger partial charge in [0.05, 0.1) is 16.8 Å². The van der Waals surface area contributed by atoms with Gasteiger partial charge in [-0.05, 0) is 37.1 Å². The van der Waals surface area contributed by atoms with E-state index in [-0.39, 0.29) is 40.4 Å². The summed E-state index contributed by atoms with van der Waals surface area (Å²) >= 11 is 0. The number of rotatable bonds is 7. The molecule has 1 aliphatic heterocycles. The quantitative estimate of drug-likeness (QED) is 0.258. The number of piperidine rings is 1. The summed E-state index contributed by atoms with van der Waals surface area (Å²) in [7, 11) is 0. The van der Waals surface area contributed by atoms with Crippen LogP contribution in [-0.2, 0) is 4.79 Å². The van der Waals surface area contributed by atoms with Crippen molar-refractivity contribution in [1.29, 1.82) is 5.41 Å². The fourth-order valence-electron chi connectivity index (χ4n) is 3.85. The summed E-state index contributed by atoms with van der Waals surface area (Å²) in [6.07, 6.45) is 3.92. The van der Waals surface area contributed by atoms with Crippen molar-refractivity contribution in [3.63, 3.8) is 0 Å². The summed E-state index contributed by atoms with van der Waals surface area (Å²) in [5.74, 6) is -4.27. The van der Waals surface area contributed by atoms with Crippen LogP contribution in [0, 0.1) is 23.0 Å². The lowest BCUT2D eigenvalue weighted by Gasteiger charge is -2.33. The van der Waals surface area contributed by atoms with E-state index in [1.54, 1.807) is 4.90 Å². The number of para-hydroxylation sites is 1. The molecule has 0 radical (unpaired) electrons. The number of carbonyl (C=O) groups excluding carboxylic acids is 1. The van der Waals surface area contributed by atoms with E-state index >= 15 is 0 Å². The molecule has 3 heterocycles. The van der Waals surface area contributed by atoms with Crippen molar-refractivity contribution >= 4 is 23.3 Å². The highest BCUT2D eigenvalue weighted by atomic mass is 19.1. The first-order chi connectivity index (χ1) is 17.3. The molecule has 36 heavy (non-hydrogen) atoms. The number of amides is 1. The van der Waals surface area contributed by atoms with Crippen molar-refractivity contribution in [2.45, 2.75) is 18.9 Å². The van der Waals surface area contributed by atoms with Crippen LogP contribution in [0.4, 0.5) is 24.8 Å². The Morgan fingerprint density at radius 1 is 1.22 bits per heavy atom. The zero-order chi connectivity index (χ0) is 25.8. The van der Waals surface area contributed by atoms with E-state index in [0.717, 1.165) is 31.0 Å². The molecule has 12 heteroatoms. The Labute approximate surface area is 204 Å². The van der Waals surface area contributed by atoms with E-state index in [4.69, 9.17) is 15.9 Å². The van der Waals surface area contributed by atoms with E-state index in [9.17, 15) is 18.0 Å². The molecule has 0 saturated carbocycles. The average molecular weight is 497 g/mol. The maximum Gasteiger partial charge on any atom is 0.246 e. The normalized spacial score (nSPS) is 15.3. The van der Waals surface area contributed by atoms with Gasteiger partial charge >= 0.3 is 0 Å². The van der Waals surface area contributed by atoms with Crippen molar-refractivity contribution in [1.82, 2.24) is 19.9 Å². The number of pyridine rings is 1. The molecule has 0 bridgehead atoms. The fourth-order valence-corrected chi connectivity index (χ4v) is 3.85. The zero-order valence-corrected chi connectivity index (χ0v) is 19.0. The van der Waals surface area contributed by atoms with Crippen LogP contribution in [-0.4, -0.2) is 50.6 Å². The average Bonchev–Trinajstić information content (AvgIpc) is 2.86. The number of aromatic nitrogens is 3. The number of nitrogens with one attached hydrogen (secondary N) is 2. The predicted molar refractivity (Wildman–Crippen MR) is 126 cm³/mol. The molecule has 1 aromatic carbocycles. The first kappa shape index (κ1) is 24.6. The molecule has 1 atom stereocenters. The largest absolute Gasteiger partial charge is 0.433 e. The number of hydrogen-bond donors (Lipinski definition) is 3. The van der Waals surface area contributed by atoms with E-state index in [1.807, 2.05) is 0 Å². The third kappa shape index (κ3) is 5.11. The van der Waals surface area contributed by atoms with Gasteiger partial charge in [-0.25, -0.2) is 18.7 Å². The van der Waals surface area contributed by atoms with Crippen LogP contribution in [0.3, 0.4) is 0 Å². The maximum absolute atomic E-state index is 14.9. The van der Waals surface area contributed by atoms with Gasteiger partial charge in [-0.1, -0.05) is 12.6 Å². The number of anilines is 2. The summed E-state index contributed by atoms with van der Waals surface area (Å²) < 4.78 is 47.7. The highest BCUT2D eigenvalue weighted by molar-refractivity contribution is 6.16. The number of carbonyl (C=O) groups is 1. The lowest BCUT2D eigenvalue weighted by molar-refractivity contribution is -0.127. The molecule has 1 aliphatic rings. The number of benzene rings is 1. The van der Waals surface area contributed by atoms with E-state index in [1.165, 1.54) is 24.5 Å². The van der Waals surface area contributed by atoms with Gasteiger partial charge in [0.15, 0.2) is 11.6 Å². The van der Waals surface area contributed by atoms with Crippen LogP contribution in [0.5, 0.6) is 11.6 Å². The van der Waals surface area contributed by atoms with Crippen LogP contribution in [0.2, 0.25) is 0 Å². The molecule has 186 valence electrons. The van der Waals surface area contributed by atoms with Crippen molar-refractivity contribution < 1.29 is 22.7 Å². The smallest absolute Gasteiger partial charge is 0.246 e. The van der Waals surface area contributed by atoms with Crippen LogP contribution in [0.25, 0.3) is 0 Å². The van der Waals surface area contributed by atoms with Gasteiger partial charge in [-0.15, -0.1) is 0 Å². The van der Waals surface area contributed by atoms with Crippen molar-refractivity contribution in [3.8, 4) is 11.6 Å². The Kier molecular flexibility index (Phi) is 7.13. The maximum atomic E-state index is 14.9. The van der Waals surface area contributed by atoms with E-state index in [2.05, 4.69) is 26.8 Å². The molecule has 4 rings (SSSR count). The number of nitrogens with two attached hydrogens (primary N) is 1. The number of likely N-dealkylation sites (tertiary alicyclic amines) is 1. The first-order valence-corrected chi connectivity index (χ1v) is 10.9. The Morgan fingerprint density at radius 3 is 2.67 bits per heavy atom. The second-order valence-electron chi connectivity index (χ2n) is 7.97. The third-order valence-electron chi connectivity index (χ3n) is 5.59. The number of hydrogen-bond acceptors (Lipinski definition) is 8. The van der Waals surface area contributed by atoms with Crippen molar-refractivity contribution in [3.05, 3.63) is 78.0 Å². The Bertz CT molecular complexity index is 1310. The number of nitrogen functional groups attached to an aromatic ring is 1. The Morgan fingerprint density at radius 2 is 1.97 bits per heavy atom. The third-order valence-corrected chi connectivity index (χ3v) is 5.59. The second kappa shape index (κ2) is 10.4. The van der Waals surface area contributed by atoms with Gasteiger partial charge < -0.3 is 20.7 Å². The number of ether oxygens (including phenoxy) is 1. The molecule has 1 fully saturated rings. The Balaban J connectivity index is 1.58. The number of nitrogens with zero attached hydrogens (tertiary/aromatic N) is 4. The lowest BCUT2D eigenvalue weighted by Crippen LogP contribution is -2.44. The van der Waals surface area contributed by atoms with E-state index in [0.29, 0.717) is 13.1 Å². The molecule has 3 aromatic rings. The van der Waals surface area contributed by atoms with Gasteiger partial charge in [0.2, 0.25) is 23.5 Å². The van der Waals surface area contributed by atoms with Gasteiger partial charge in [0, 0.05) is 25.2 Å². The topological polar surface area (TPSA) is 130 Å². The summed E-state index contributed by atoms with van der Waals surface area (Å²) in [6.45, 7) is 4.49. The minimum atomic E-state index is -1.12. The monoisotopic (exact) mass is 497 g/mol. The SMILES string of the molecule is C=CC(=O)N1CCCC(Nc2ncnc(N)c2C(=N)c2ccc(Oc3c(F)cccc3F)nc2F)C1. The zero-order valence-electron chi connectivity index (χ0n) is 19.0. The van der Waals surface area contributed by atoms with Crippen LogP contribution in [0.1, 0.15) is 24.0 Å². The fraction of sp³-hybridized carbons (Fsp3) is 0.208. The molecular formula is C24H22F3N7O2. The van der Waals surface area contributed by atoms with Crippen molar-refractivity contribution in [2.24, 2.45) is 0 Å². The van der Waals surface area contributed by atoms with E-state index < -0.39 is 29.2 Å². The van der Waals surface area contributed by atoms with Gasteiger partial charge in [-0.2, -0.15) is 9.37 Å². The van der Waals surface area contributed by atoms with Crippen molar-refractivity contribution in [2.75, 3.05) is 24.1 Å². The number of halogens is 3. The van der Waals surface area contributed by atoms with Gasteiger partial charge in [-0.3, -0.25) is 10.2 Å². The molecule has 0 spiro atoms. The summed E-state index contributed by atoms with van der Waals surface area (Å²) in [4.78, 5) is 25.3. The molecule has 1 amide bonds. The standard InChI is InChI=1S/C24H22F3N7O2/c1-2-18(35)34-10-4-5-13(11-34)32-24-19(23(29)30-12-31-24)20(28)14-8-9-17(33-22(14)27)36-21-15(25)6-3-7-16(21)26/h2-3,6-9,12-13,28H,1,4-5,10-11H2,(H3,29,30,31,32). The van der Waals surface area contributed by atoms with Crippen LogP contribution >= 0.6 is 0 Å². The lowest BCUT2D eigenvalue weighted by atomic mass is 10.0. The Hall–Kier alpha value is -4.48. The predicted octanol–water partition coefficient (Wildman–Crippen LogP) is 3.67. The summed E-state index contributed by atoms with van der Waals surface area (Å²) in [5.41, 5.74) is 5.44.